The minimum atomic E-state index is -4.73. The van der Waals surface area contributed by atoms with Crippen LogP contribution in [-0.2, 0) is 6.18 Å². The van der Waals surface area contributed by atoms with Crippen molar-refractivity contribution in [2.24, 2.45) is 0 Å². The van der Waals surface area contributed by atoms with Gasteiger partial charge >= 0.3 is 12.1 Å². The van der Waals surface area contributed by atoms with Gasteiger partial charge in [0.2, 0.25) is 0 Å². The van der Waals surface area contributed by atoms with Gasteiger partial charge in [-0.15, -0.1) is 6.42 Å². The molecule has 6 heteroatoms. The number of benzene rings is 1. The molecule has 0 amide bonds. The van der Waals surface area contributed by atoms with Gasteiger partial charge in [-0.3, -0.25) is 0 Å². The largest absolute Gasteiger partial charge is 0.478 e. The fourth-order valence-electron chi connectivity index (χ4n) is 1.74. The molecule has 0 spiro atoms. The zero-order valence-electron chi connectivity index (χ0n) is 10.8. The number of carboxylic acid groups (broad SMARTS) is 1. The van der Waals surface area contributed by atoms with E-state index >= 15 is 0 Å². The molecule has 0 aliphatic rings. The maximum absolute atomic E-state index is 12.8. The maximum atomic E-state index is 12.8. The van der Waals surface area contributed by atoms with E-state index in [4.69, 9.17) is 11.5 Å². The number of alkyl halides is 3. The molecule has 1 aromatic rings. The topological polar surface area (TPSA) is 49.3 Å². The van der Waals surface area contributed by atoms with Gasteiger partial charge in [0.25, 0.3) is 0 Å². The Morgan fingerprint density at radius 1 is 1.50 bits per heavy atom. The van der Waals surface area contributed by atoms with Crippen LogP contribution in [0, 0.1) is 12.3 Å². The first kappa shape index (κ1) is 15.9. The average Bonchev–Trinajstić information content (AvgIpc) is 2.36. The van der Waals surface area contributed by atoms with E-state index < -0.39 is 29.3 Å². The lowest BCUT2D eigenvalue weighted by molar-refractivity contribution is -0.138. The second kappa shape index (κ2) is 6.33. The molecule has 0 aliphatic heterocycles. The lowest BCUT2D eigenvalue weighted by atomic mass is 10.1. The van der Waals surface area contributed by atoms with Gasteiger partial charge in [-0.2, -0.15) is 13.2 Å². The van der Waals surface area contributed by atoms with E-state index in [0.29, 0.717) is 6.42 Å². The van der Waals surface area contributed by atoms with E-state index in [0.717, 1.165) is 18.6 Å². The van der Waals surface area contributed by atoms with Crippen molar-refractivity contribution in [3.8, 4) is 12.3 Å². The summed E-state index contributed by atoms with van der Waals surface area (Å²) in [5.74, 6) is 0.819. The number of halogens is 3. The SMILES string of the molecule is C#CC(CCC)Nc1ccc(C(=O)O)c(C(F)(F)F)c1. The molecule has 1 aromatic carbocycles. The standard InChI is InChI=1S/C14H14F3NO2/c1-3-5-9(4-2)18-10-6-7-11(13(19)20)12(8-10)14(15,16)17/h2,6-9,18H,3,5H2,1H3,(H,19,20). The first-order chi connectivity index (χ1) is 9.29. The third-order valence-electron chi connectivity index (χ3n) is 2.67. The van der Waals surface area contributed by atoms with E-state index in [1.807, 2.05) is 6.92 Å². The summed E-state index contributed by atoms with van der Waals surface area (Å²) in [6.07, 6.45) is 1.93. The normalized spacial score (nSPS) is 12.6. The van der Waals surface area contributed by atoms with Crippen molar-refractivity contribution in [3.63, 3.8) is 0 Å². The summed E-state index contributed by atoms with van der Waals surface area (Å²) in [6, 6.07) is 2.58. The number of aromatic carboxylic acids is 1. The third kappa shape index (κ3) is 3.92. The molecule has 20 heavy (non-hydrogen) atoms. The summed E-state index contributed by atoms with van der Waals surface area (Å²) in [5.41, 5.74) is -1.82. The van der Waals surface area contributed by atoms with Gasteiger partial charge in [-0.25, -0.2) is 4.79 Å². The van der Waals surface area contributed by atoms with E-state index in [1.54, 1.807) is 0 Å². The Kier molecular flexibility index (Phi) is 5.03. The smallest absolute Gasteiger partial charge is 0.417 e. The molecule has 0 bridgehead atoms. The maximum Gasteiger partial charge on any atom is 0.417 e. The van der Waals surface area contributed by atoms with Crippen LogP contribution in [0.1, 0.15) is 35.7 Å². The third-order valence-corrected chi connectivity index (χ3v) is 2.67. The first-order valence-electron chi connectivity index (χ1n) is 5.96. The number of carbonyl (C=O) groups is 1. The van der Waals surface area contributed by atoms with Gasteiger partial charge < -0.3 is 10.4 Å². The Morgan fingerprint density at radius 3 is 2.60 bits per heavy atom. The van der Waals surface area contributed by atoms with Crippen molar-refractivity contribution in [3.05, 3.63) is 29.3 Å². The summed E-state index contributed by atoms with van der Waals surface area (Å²) in [6.45, 7) is 1.90. The highest BCUT2D eigenvalue weighted by Gasteiger charge is 2.35. The predicted molar refractivity (Wildman–Crippen MR) is 69.6 cm³/mol. The summed E-state index contributed by atoms with van der Waals surface area (Å²) in [4.78, 5) is 10.8. The fourth-order valence-corrected chi connectivity index (χ4v) is 1.74. The predicted octanol–water partition coefficient (Wildman–Crippen LogP) is 3.62. The summed E-state index contributed by atoms with van der Waals surface area (Å²) in [7, 11) is 0. The monoisotopic (exact) mass is 285 g/mol. The highest BCUT2D eigenvalue weighted by atomic mass is 19.4. The lowest BCUT2D eigenvalue weighted by Gasteiger charge is -2.16. The highest BCUT2D eigenvalue weighted by molar-refractivity contribution is 5.90. The van der Waals surface area contributed by atoms with Crippen LogP contribution in [-0.4, -0.2) is 17.1 Å². The van der Waals surface area contributed by atoms with Gasteiger partial charge in [0.1, 0.15) is 0 Å². The van der Waals surface area contributed by atoms with Crippen LogP contribution in [0.15, 0.2) is 18.2 Å². The van der Waals surface area contributed by atoms with Crippen molar-refractivity contribution in [1.82, 2.24) is 0 Å². The molecule has 0 fully saturated rings. The molecule has 0 heterocycles. The first-order valence-corrected chi connectivity index (χ1v) is 5.96. The van der Waals surface area contributed by atoms with Crippen LogP contribution in [0.2, 0.25) is 0 Å². The van der Waals surface area contributed by atoms with Crippen LogP contribution in [0.5, 0.6) is 0 Å². The number of nitrogens with one attached hydrogen (secondary N) is 1. The van der Waals surface area contributed by atoms with Crippen LogP contribution in [0.4, 0.5) is 18.9 Å². The molecule has 1 unspecified atom stereocenters. The number of anilines is 1. The average molecular weight is 285 g/mol. The summed E-state index contributed by atoms with van der Waals surface area (Å²) >= 11 is 0. The molecule has 1 rings (SSSR count). The molecule has 0 aromatic heterocycles. The number of hydrogen-bond donors (Lipinski definition) is 2. The molecule has 0 saturated heterocycles. The van der Waals surface area contributed by atoms with Crippen molar-refractivity contribution in [2.75, 3.05) is 5.32 Å². The lowest BCUT2D eigenvalue weighted by Crippen LogP contribution is -2.18. The van der Waals surface area contributed by atoms with Crippen molar-refractivity contribution in [2.45, 2.75) is 32.0 Å². The molecule has 3 nitrogen and oxygen atoms in total. The molecule has 0 saturated carbocycles. The van der Waals surface area contributed by atoms with Crippen LogP contribution in [0.3, 0.4) is 0 Å². The number of terminal acetylenes is 1. The highest BCUT2D eigenvalue weighted by Crippen LogP contribution is 2.34. The fraction of sp³-hybridized carbons (Fsp3) is 0.357. The number of hydrogen-bond acceptors (Lipinski definition) is 2. The van der Waals surface area contributed by atoms with Gasteiger partial charge in [-0.05, 0) is 24.6 Å². The molecule has 2 N–H and O–H groups in total. The quantitative estimate of drug-likeness (QED) is 0.812. The van der Waals surface area contributed by atoms with Gasteiger partial charge in [0, 0.05) is 5.69 Å². The Bertz CT molecular complexity index is 532. The Balaban J connectivity index is 3.14. The summed E-state index contributed by atoms with van der Waals surface area (Å²) in [5, 5.41) is 11.6. The molecule has 108 valence electrons. The van der Waals surface area contributed by atoms with Crippen LogP contribution < -0.4 is 5.32 Å². The molecule has 1 atom stereocenters. The van der Waals surface area contributed by atoms with Gasteiger partial charge in [0.15, 0.2) is 0 Å². The van der Waals surface area contributed by atoms with Crippen molar-refractivity contribution < 1.29 is 23.1 Å². The molecular formula is C14H14F3NO2. The minimum Gasteiger partial charge on any atom is -0.478 e. The molecule has 0 radical (unpaired) electrons. The van der Waals surface area contributed by atoms with Gasteiger partial charge in [0.05, 0.1) is 17.2 Å². The van der Waals surface area contributed by atoms with Crippen LogP contribution in [0.25, 0.3) is 0 Å². The van der Waals surface area contributed by atoms with Gasteiger partial charge in [-0.1, -0.05) is 19.3 Å². The van der Waals surface area contributed by atoms with Crippen LogP contribution >= 0.6 is 0 Å². The molecule has 0 aliphatic carbocycles. The van der Waals surface area contributed by atoms with Crippen molar-refractivity contribution in [1.29, 1.82) is 0 Å². The van der Waals surface area contributed by atoms with E-state index in [9.17, 15) is 18.0 Å². The zero-order valence-corrected chi connectivity index (χ0v) is 10.8. The summed E-state index contributed by atoms with van der Waals surface area (Å²) < 4.78 is 38.5. The molecular weight excluding hydrogens is 271 g/mol. The van der Waals surface area contributed by atoms with E-state index in [-0.39, 0.29) is 5.69 Å². The Hall–Kier alpha value is -2.16. The Morgan fingerprint density at radius 2 is 2.15 bits per heavy atom. The Labute approximate surface area is 114 Å². The number of rotatable bonds is 5. The second-order valence-corrected chi connectivity index (χ2v) is 4.22. The van der Waals surface area contributed by atoms with Crippen molar-refractivity contribution >= 4 is 11.7 Å². The minimum absolute atomic E-state index is 0.152. The number of carboxylic acids is 1. The second-order valence-electron chi connectivity index (χ2n) is 4.22. The zero-order chi connectivity index (χ0) is 15.3. The van der Waals surface area contributed by atoms with E-state index in [1.165, 1.54) is 6.07 Å². The van der Waals surface area contributed by atoms with E-state index in [2.05, 4.69) is 11.2 Å².